The number of aromatic nitrogens is 2. The lowest BCUT2D eigenvalue weighted by atomic mass is 10.0. The number of likely N-dealkylation sites (tertiary alicyclic amines) is 1. The van der Waals surface area contributed by atoms with E-state index in [1.165, 1.54) is 0 Å². The van der Waals surface area contributed by atoms with Gasteiger partial charge in [-0.05, 0) is 18.6 Å². The van der Waals surface area contributed by atoms with Gasteiger partial charge in [-0.25, -0.2) is 0 Å². The molecule has 0 bridgehead atoms. The van der Waals surface area contributed by atoms with E-state index in [0.717, 1.165) is 5.69 Å². The van der Waals surface area contributed by atoms with Crippen molar-refractivity contribution < 1.29 is 19.4 Å². The molecular formula is C18H21N3O4. The molecule has 2 unspecified atom stereocenters. The number of methoxy groups -OCH3 is 2. The average molecular weight is 343 g/mol. The molecular weight excluding hydrogens is 322 g/mol. The standard InChI is InChI=1S/C18H21N3O4/c1-24-15-6-12(7-16(8-15)25-2)18(23)21-10-13(17(22)11-21)5-14-9-19-3-4-20-14/h3-4,6-9,13,17,22H,5,10-11H2,1-2H3. The van der Waals surface area contributed by atoms with E-state index in [4.69, 9.17) is 9.47 Å². The molecule has 1 amide bonds. The number of ether oxygens (including phenoxy) is 2. The maximum atomic E-state index is 12.8. The Bertz CT molecular complexity index is 716. The molecule has 1 aromatic heterocycles. The number of carbonyl (C=O) groups excluding carboxylic acids is 1. The number of carbonyl (C=O) groups is 1. The van der Waals surface area contributed by atoms with E-state index in [0.29, 0.717) is 36.6 Å². The van der Waals surface area contributed by atoms with Gasteiger partial charge in [0.25, 0.3) is 5.91 Å². The van der Waals surface area contributed by atoms with E-state index in [1.807, 2.05) is 0 Å². The molecule has 0 saturated carbocycles. The summed E-state index contributed by atoms with van der Waals surface area (Å²) in [7, 11) is 3.08. The monoisotopic (exact) mass is 343 g/mol. The van der Waals surface area contributed by atoms with Gasteiger partial charge in [0.05, 0.1) is 26.0 Å². The summed E-state index contributed by atoms with van der Waals surface area (Å²) in [4.78, 5) is 22.7. The fourth-order valence-corrected chi connectivity index (χ4v) is 3.04. The molecule has 2 heterocycles. The first-order chi connectivity index (χ1) is 12.1. The molecule has 1 N–H and O–H groups in total. The molecule has 1 aromatic carbocycles. The highest BCUT2D eigenvalue weighted by Crippen LogP contribution is 2.26. The van der Waals surface area contributed by atoms with Gasteiger partial charge in [-0.3, -0.25) is 14.8 Å². The van der Waals surface area contributed by atoms with Gasteiger partial charge in [-0.1, -0.05) is 0 Å². The maximum absolute atomic E-state index is 12.8. The first-order valence-electron chi connectivity index (χ1n) is 8.06. The number of benzene rings is 1. The largest absolute Gasteiger partial charge is 0.497 e. The lowest BCUT2D eigenvalue weighted by Crippen LogP contribution is -2.29. The zero-order valence-corrected chi connectivity index (χ0v) is 14.3. The van der Waals surface area contributed by atoms with Crippen molar-refractivity contribution in [1.29, 1.82) is 0 Å². The Kier molecular flexibility index (Phi) is 5.14. The highest BCUT2D eigenvalue weighted by Gasteiger charge is 2.34. The molecule has 0 radical (unpaired) electrons. The van der Waals surface area contributed by atoms with Crippen LogP contribution in [-0.4, -0.2) is 59.3 Å². The molecule has 0 aliphatic carbocycles. The van der Waals surface area contributed by atoms with Gasteiger partial charge >= 0.3 is 0 Å². The molecule has 2 atom stereocenters. The second-order valence-electron chi connectivity index (χ2n) is 6.04. The van der Waals surface area contributed by atoms with Crippen LogP contribution in [-0.2, 0) is 6.42 Å². The van der Waals surface area contributed by atoms with Crippen LogP contribution in [0.15, 0.2) is 36.8 Å². The number of β-amino-alcohol motifs (C(OH)–C–C–N with tert-alkyl or cyclic N) is 1. The number of aliphatic hydroxyl groups is 1. The van der Waals surface area contributed by atoms with E-state index in [1.54, 1.807) is 55.9 Å². The summed E-state index contributed by atoms with van der Waals surface area (Å²) >= 11 is 0. The fourth-order valence-electron chi connectivity index (χ4n) is 3.04. The quantitative estimate of drug-likeness (QED) is 0.877. The number of nitrogens with zero attached hydrogens (tertiary/aromatic N) is 3. The molecule has 1 aliphatic heterocycles. The smallest absolute Gasteiger partial charge is 0.254 e. The zero-order valence-electron chi connectivity index (χ0n) is 14.3. The van der Waals surface area contributed by atoms with Crippen molar-refractivity contribution in [3.63, 3.8) is 0 Å². The molecule has 1 fully saturated rings. The Morgan fingerprint density at radius 1 is 1.20 bits per heavy atom. The maximum Gasteiger partial charge on any atom is 0.254 e. The van der Waals surface area contributed by atoms with Crippen LogP contribution in [0, 0.1) is 5.92 Å². The van der Waals surface area contributed by atoms with Gasteiger partial charge in [-0.15, -0.1) is 0 Å². The minimum Gasteiger partial charge on any atom is -0.497 e. The summed E-state index contributed by atoms with van der Waals surface area (Å²) in [5.41, 5.74) is 1.28. The fraction of sp³-hybridized carbons (Fsp3) is 0.389. The number of aliphatic hydroxyl groups excluding tert-OH is 1. The number of hydrogen-bond donors (Lipinski definition) is 1. The van der Waals surface area contributed by atoms with E-state index in [-0.39, 0.29) is 11.8 Å². The number of hydrogen-bond acceptors (Lipinski definition) is 6. The molecule has 0 spiro atoms. The van der Waals surface area contributed by atoms with Gasteiger partial charge < -0.3 is 19.5 Å². The van der Waals surface area contributed by atoms with Crippen molar-refractivity contribution in [2.45, 2.75) is 12.5 Å². The van der Waals surface area contributed by atoms with Crippen LogP contribution < -0.4 is 9.47 Å². The second kappa shape index (κ2) is 7.48. The van der Waals surface area contributed by atoms with Crippen LogP contribution in [0.25, 0.3) is 0 Å². The summed E-state index contributed by atoms with van der Waals surface area (Å²) in [6.07, 6.45) is 4.92. The Morgan fingerprint density at radius 3 is 2.52 bits per heavy atom. The third kappa shape index (κ3) is 3.88. The second-order valence-corrected chi connectivity index (χ2v) is 6.04. The van der Waals surface area contributed by atoms with Gasteiger partial charge in [-0.2, -0.15) is 0 Å². The third-order valence-corrected chi connectivity index (χ3v) is 4.38. The minimum atomic E-state index is -0.585. The Balaban J connectivity index is 1.73. The molecule has 7 nitrogen and oxygen atoms in total. The summed E-state index contributed by atoms with van der Waals surface area (Å²) in [5, 5.41) is 10.3. The van der Waals surface area contributed by atoms with E-state index < -0.39 is 6.10 Å². The van der Waals surface area contributed by atoms with Crippen molar-refractivity contribution in [3.8, 4) is 11.5 Å². The van der Waals surface area contributed by atoms with E-state index in [9.17, 15) is 9.90 Å². The van der Waals surface area contributed by atoms with Crippen molar-refractivity contribution >= 4 is 5.91 Å². The van der Waals surface area contributed by atoms with Crippen molar-refractivity contribution in [3.05, 3.63) is 48.0 Å². The summed E-state index contributed by atoms with van der Waals surface area (Å²) in [6.45, 7) is 0.763. The predicted octanol–water partition coefficient (Wildman–Crippen LogP) is 1.17. The van der Waals surface area contributed by atoms with E-state index in [2.05, 4.69) is 9.97 Å². The lowest BCUT2D eigenvalue weighted by Gasteiger charge is -2.17. The van der Waals surface area contributed by atoms with Crippen molar-refractivity contribution in [1.82, 2.24) is 14.9 Å². The molecule has 3 rings (SSSR count). The van der Waals surface area contributed by atoms with Crippen LogP contribution in [0.5, 0.6) is 11.5 Å². The first kappa shape index (κ1) is 17.2. The molecule has 1 saturated heterocycles. The van der Waals surface area contributed by atoms with Gasteiger partial charge in [0.1, 0.15) is 11.5 Å². The SMILES string of the molecule is COc1cc(OC)cc(C(=O)N2CC(O)C(Cc3cnccn3)C2)c1. The number of amides is 1. The van der Waals surface area contributed by atoms with Gasteiger partial charge in [0.2, 0.25) is 0 Å². The normalized spacial score (nSPS) is 19.7. The van der Waals surface area contributed by atoms with Gasteiger partial charge in [0.15, 0.2) is 0 Å². The molecule has 25 heavy (non-hydrogen) atoms. The minimum absolute atomic E-state index is 0.0619. The Morgan fingerprint density at radius 2 is 1.92 bits per heavy atom. The Labute approximate surface area is 146 Å². The highest BCUT2D eigenvalue weighted by atomic mass is 16.5. The van der Waals surface area contributed by atoms with Gasteiger partial charge in [0, 0.05) is 49.2 Å². The summed E-state index contributed by atoms with van der Waals surface area (Å²) in [6, 6.07) is 5.06. The summed E-state index contributed by atoms with van der Waals surface area (Å²) in [5.74, 6) is 0.892. The predicted molar refractivity (Wildman–Crippen MR) is 90.7 cm³/mol. The third-order valence-electron chi connectivity index (χ3n) is 4.38. The van der Waals surface area contributed by atoms with Crippen LogP contribution in [0.3, 0.4) is 0 Å². The van der Waals surface area contributed by atoms with Crippen LogP contribution in [0.4, 0.5) is 0 Å². The van der Waals surface area contributed by atoms with Crippen LogP contribution >= 0.6 is 0 Å². The topological polar surface area (TPSA) is 84.8 Å². The molecule has 132 valence electrons. The lowest BCUT2D eigenvalue weighted by molar-refractivity contribution is 0.0764. The summed E-state index contributed by atoms with van der Waals surface area (Å²) < 4.78 is 10.4. The van der Waals surface area contributed by atoms with Crippen molar-refractivity contribution in [2.24, 2.45) is 5.92 Å². The average Bonchev–Trinajstić information content (AvgIpc) is 3.01. The molecule has 2 aromatic rings. The van der Waals surface area contributed by atoms with Crippen molar-refractivity contribution in [2.75, 3.05) is 27.3 Å². The molecule has 1 aliphatic rings. The Hall–Kier alpha value is -2.67. The van der Waals surface area contributed by atoms with Crippen LogP contribution in [0.1, 0.15) is 16.1 Å². The highest BCUT2D eigenvalue weighted by molar-refractivity contribution is 5.95. The van der Waals surface area contributed by atoms with E-state index >= 15 is 0 Å². The number of rotatable bonds is 5. The zero-order chi connectivity index (χ0) is 17.8. The van der Waals surface area contributed by atoms with Crippen LogP contribution in [0.2, 0.25) is 0 Å². The first-order valence-corrected chi connectivity index (χ1v) is 8.06. The molecule has 7 heteroatoms.